The fourth-order valence-corrected chi connectivity index (χ4v) is 3.57. The molecule has 1 rings (SSSR count). The Morgan fingerprint density at radius 2 is 1.45 bits per heavy atom. The molecule has 0 bridgehead atoms. The van der Waals surface area contributed by atoms with E-state index >= 15 is 0 Å². The molecule has 0 fully saturated rings. The first-order valence-electron chi connectivity index (χ1n) is 11.7. The first kappa shape index (κ1) is 28.5. The molecule has 0 aliphatic carbocycles. The average molecular weight is 462 g/mol. The van der Waals surface area contributed by atoms with E-state index in [0.717, 1.165) is 0 Å². The number of alkyl carbamates (subject to hydrolysis) is 1. The first-order chi connectivity index (χ1) is 15.0. The Morgan fingerprint density at radius 3 is 1.88 bits per heavy atom. The highest BCUT2D eigenvalue weighted by atomic mass is 16.6. The van der Waals surface area contributed by atoms with Crippen molar-refractivity contribution in [3.63, 3.8) is 0 Å². The van der Waals surface area contributed by atoms with E-state index in [9.17, 15) is 14.4 Å². The minimum Gasteiger partial charge on any atom is -0.444 e. The Morgan fingerprint density at radius 1 is 0.909 bits per heavy atom. The van der Waals surface area contributed by atoms with Gasteiger partial charge in [0.15, 0.2) is 0 Å². The third kappa shape index (κ3) is 9.44. The van der Waals surface area contributed by atoms with E-state index in [1.165, 1.54) is 0 Å². The average Bonchev–Trinajstić information content (AvgIpc) is 2.62. The van der Waals surface area contributed by atoms with Crippen molar-refractivity contribution in [2.24, 2.45) is 5.92 Å². The number of carbonyl (C=O) groups is 3. The number of hydrogen-bond acceptors (Lipinski definition) is 4. The van der Waals surface area contributed by atoms with Crippen molar-refractivity contribution >= 4 is 17.9 Å². The van der Waals surface area contributed by atoms with E-state index in [1.54, 1.807) is 25.7 Å². The molecule has 0 saturated heterocycles. The van der Waals surface area contributed by atoms with E-state index in [-0.39, 0.29) is 23.8 Å². The molecule has 33 heavy (non-hydrogen) atoms. The minimum absolute atomic E-state index is 0.0908. The van der Waals surface area contributed by atoms with Crippen LogP contribution in [0.3, 0.4) is 0 Å². The van der Waals surface area contributed by atoms with Gasteiger partial charge in [0.25, 0.3) is 0 Å². The third-order valence-electron chi connectivity index (χ3n) is 4.71. The highest BCUT2D eigenvalue weighted by molar-refractivity contribution is 5.92. The van der Waals surface area contributed by atoms with Crippen LogP contribution in [0.2, 0.25) is 0 Å². The molecule has 0 spiro atoms. The van der Waals surface area contributed by atoms with Crippen molar-refractivity contribution in [3.05, 3.63) is 35.9 Å². The zero-order valence-corrected chi connectivity index (χ0v) is 22.0. The van der Waals surface area contributed by atoms with E-state index < -0.39 is 29.3 Å². The van der Waals surface area contributed by atoms with Gasteiger partial charge in [-0.25, -0.2) is 4.79 Å². The molecule has 7 nitrogen and oxygen atoms in total. The summed E-state index contributed by atoms with van der Waals surface area (Å²) < 4.78 is 5.41. The van der Waals surface area contributed by atoms with Gasteiger partial charge in [0.1, 0.15) is 17.7 Å². The number of nitrogens with zero attached hydrogens (tertiary/aromatic N) is 1. The summed E-state index contributed by atoms with van der Waals surface area (Å²) in [6.07, 6.45) is -0.240. The first-order valence-corrected chi connectivity index (χ1v) is 11.7. The quantitative estimate of drug-likeness (QED) is 0.581. The summed E-state index contributed by atoms with van der Waals surface area (Å²) in [5.41, 5.74) is -0.681. The second kappa shape index (κ2) is 11.5. The van der Waals surface area contributed by atoms with Gasteiger partial charge >= 0.3 is 6.09 Å². The van der Waals surface area contributed by atoms with Gasteiger partial charge in [0.05, 0.1) is 0 Å². The molecule has 1 aromatic carbocycles. The lowest BCUT2D eigenvalue weighted by Gasteiger charge is -2.43. The van der Waals surface area contributed by atoms with Gasteiger partial charge in [-0.1, -0.05) is 44.2 Å². The standard InChI is InChI=1S/C26H43N3O4/c1-17(2)16-20(28-24(32)33-26(8,9)10)23(31)29(25(5,6)7)21(22(30)27-18(3)4)19-14-12-11-13-15-19/h11-15,17-18,20-21H,16H2,1-10H3,(H,27,30)(H,28,32). The van der Waals surface area contributed by atoms with Crippen LogP contribution >= 0.6 is 0 Å². The Hall–Kier alpha value is -2.57. The second-order valence-corrected chi connectivity index (χ2v) is 11.2. The van der Waals surface area contributed by atoms with E-state index in [2.05, 4.69) is 10.6 Å². The summed E-state index contributed by atoms with van der Waals surface area (Å²) in [7, 11) is 0. The van der Waals surface area contributed by atoms with Crippen molar-refractivity contribution in [3.8, 4) is 0 Å². The predicted octanol–water partition coefficient (Wildman–Crippen LogP) is 4.82. The van der Waals surface area contributed by atoms with Crippen LogP contribution in [0.25, 0.3) is 0 Å². The predicted molar refractivity (Wildman–Crippen MR) is 132 cm³/mol. The number of amides is 3. The van der Waals surface area contributed by atoms with E-state index in [4.69, 9.17) is 4.74 Å². The molecule has 3 amide bonds. The Labute approximate surface area is 199 Å². The molecule has 2 unspecified atom stereocenters. The van der Waals surface area contributed by atoms with Crippen LogP contribution in [0.15, 0.2) is 30.3 Å². The van der Waals surface area contributed by atoms with Gasteiger partial charge < -0.3 is 20.3 Å². The van der Waals surface area contributed by atoms with E-state index in [0.29, 0.717) is 12.0 Å². The Kier molecular flexibility index (Phi) is 9.94. The largest absolute Gasteiger partial charge is 0.444 e. The lowest BCUT2D eigenvalue weighted by Crippen LogP contribution is -2.59. The highest BCUT2D eigenvalue weighted by Gasteiger charge is 2.42. The molecule has 0 aliphatic rings. The molecular weight excluding hydrogens is 418 g/mol. The van der Waals surface area contributed by atoms with Crippen molar-refractivity contribution in [1.82, 2.24) is 15.5 Å². The summed E-state index contributed by atoms with van der Waals surface area (Å²) in [4.78, 5) is 41.5. The molecule has 0 radical (unpaired) electrons. The lowest BCUT2D eigenvalue weighted by atomic mass is 9.93. The smallest absolute Gasteiger partial charge is 0.408 e. The number of rotatable bonds is 8. The van der Waals surface area contributed by atoms with Gasteiger partial charge in [0, 0.05) is 11.6 Å². The SMILES string of the molecule is CC(C)CC(NC(=O)OC(C)(C)C)C(=O)N(C(C(=O)NC(C)C)c1ccccc1)C(C)(C)C. The summed E-state index contributed by atoms with van der Waals surface area (Å²) >= 11 is 0. The topological polar surface area (TPSA) is 87.7 Å². The van der Waals surface area contributed by atoms with Gasteiger partial charge in [-0.15, -0.1) is 0 Å². The van der Waals surface area contributed by atoms with Gasteiger partial charge in [-0.05, 0) is 73.3 Å². The summed E-state index contributed by atoms with van der Waals surface area (Å²) in [5.74, 6) is -0.453. The van der Waals surface area contributed by atoms with Crippen LogP contribution in [-0.2, 0) is 14.3 Å². The zero-order chi connectivity index (χ0) is 25.6. The third-order valence-corrected chi connectivity index (χ3v) is 4.71. The molecular formula is C26H43N3O4. The molecule has 0 aromatic heterocycles. The molecule has 7 heteroatoms. The fraction of sp³-hybridized carbons (Fsp3) is 0.654. The van der Waals surface area contributed by atoms with Crippen LogP contribution in [0.1, 0.15) is 87.3 Å². The number of nitrogens with one attached hydrogen (secondary N) is 2. The van der Waals surface area contributed by atoms with Gasteiger partial charge in [0.2, 0.25) is 11.8 Å². The lowest BCUT2D eigenvalue weighted by molar-refractivity contribution is -0.149. The molecule has 0 saturated carbocycles. The normalized spacial score (nSPS) is 13.9. The van der Waals surface area contributed by atoms with Gasteiger partial charge in [-0.2, -0.15) is 0 Å². The fourth-order valence-electron chi connectivity index (χ4n) is 3.57. The maximum Gasteiger partial charge on any atom is 0.408 e. The van der Waals surface area contributed by atoms with Crippen LogP contribution in [0.5, 0.6) is 0 Å². The maximum atomic E-state index is 14.0. The Balaban J connectivity index is 3.48. The molecule has 186 valence electrons. The van der Waals surface area contributed by atoms with Crippen molar-refractivity contribution in [2.45, 2.75) is 105 Å². The number of hydrogen-bond donors (Lipinski definition) is 2. The van der Waals surface area contributed by atoms with Crippen molar-refractivity contribution < 1.29 is 19.1 Å². The number of benzene rings is 1. The minimum atomic E-state index is -0.851. The molecule has 0 aliphatic heterocycles. The molecule has 0 heterocycles. The molecule has 2 N–H and O–H groups in total. The van der Waals surface area contributed by atoms with Crippen LogP contribution < -0.4 is 10.6 Å². The van der Waals surface area contributed by atoms with Crippen LogP contribution in [-0.4, -0.2) is 46.0 Å². The summed E-state index contributed by atoms with van der Waals surface area (Å²) in [5, 5.41) is 5.71. The Bertz CT molecular complexity index is 792. The van der Waals surface area contributed by atoms with Gasteiger partial charge in [-0.3, -0.25) is 9.59 Å². The summed E-state index contributed by atoms with van der Waals surface area (Å²) in [6.45, 7) is 18.7. The number of carbonyl (C=O) groups excluding carboxylic acids is 3. The highest BCUT2D eigenvalue weighted by Crippen LogP contribution is 2.31. The molecule has 1 aromatic rings. The molecule has 2 atom stereocenters. The number of ether oxygens (including phenoxy) is 1. The van der Waals surface area contributed by atoms with Crippen molar-refractivity contribution in [2.75, 3.05) is 0 Å². The summed E-state index contributed by atoms with van der Waals surface area (Å²) in [6, 6.07) is 7.47. The maximum absolute atomic E-state index is 14.0. The second-order valence-electron chi connectivity index (χ2n) is 11.2. The monoisotopic (exact) mass is 461 g/mol. The van der Waals surface area contributed by atoms with E-state index in [1.807, 2.05) is 78.8 Å². The van der Waals surface area contributed by atoms with Crippen LogP contribution in [0, 0.1) is 5.92 Å². The van der Waals surface area contributed by atoms with Crippen molar-refractivity contribution in [1.29, 1.82) is 0 Å². The van der Waals surface area contributed by atoms with Crippen LogP contribution in [0.4, 0.5) is 4.79 Å². The zero-order valence-electron chi connectivity index (χ0n) is 22.0.